The van der Waals surface area contributed by atoms with E-state index in [-0.39, 0.29) is 23.8 Å². The van der Waals surface area contributed by atoms with Crippen molar-refractivity contribution in [2.24, 2.45) is 0 Å². The predicted octanol–water partition coefficient (Wildman–Crippen LogP) is 2.02. The van der Waals surface area contributed by atoms with E-state index in [1.165, 1.54) is 12.1 Å². The highest BCUT2D eigenvalue weighted by molar-refractivity contribution is 7.89. The van der Waals surface area contributed by atoms with Crippen molar-refractivity contribution in [1.82, 2.24) is 9.46 Å². The number of nitrogens with one attached hydrogen (secondary N) is 1. The number of aryl methyl sites for hydroxylation is 1. The second-order valence-electron chi connectivity index (χ2n) is 5.02. The van der Waals surface area contributed by atoms with Crippen molar-refractivity contribution in [1.29, 1.82) is 0 Å². The third kappa shape index (κ3) is 4.40. The van der Waals surface area contributed by atoms with E-state index in [1.54, 1.807) is 31.2 Å². The first-order chi connectivity index (χ1) is 10.9. The largest absolute Gasteiger partial charge is 0.360 e. The van der Waals surface area contributed by atoms with E-state index in [2.05, 4.69) is 10.5 Å². The number of rotatable bonds is 7. The molecule has 2 rings (SSSR count). The van der Waals surface area contributed by atoms with Gasteiger partial charge in [0.2, 0.25) is 15.9 Å². The van der Waals surface area contributed by atoms with Crippen LogP contribution in [0.15, 0.2) is 45.8 Å². The smallest absolute Gasteiger partial charge is 0.243 e. The molecule has 0 aliphatic carbocycles. The van der Waals surface area contributed by atoms with Gasteiger partial charge in [0.25, 0.3) is 0 Å². The number of carbonyl (C=O) groups excluding carboxylic acids is 1. The van der Waals surface area contributed by atoms with Crippen LogP contribution in [0.2, 0.25) is 0 Å². The fourth-order valence-electron chi connectivity index (χ4n) is 2.04. The Kier molecular flexibility index (Phi) is 5.51. The molecule has 1 aromatic carbocycles. The normalized spacial score (nSPS) is 11.6. The van der Waals surface area contributed by atoms with Crippen molar-refractivity contribution >= 4 is 21.7 Å². The van der Waals surface area contributed by atoms with E-state index in [1.807, 2.05) is 6.92 Å². The molecule has 23 heavy (non-hydrogen) atoms. The van der Waals surface area contributed by atoms with Gasteiger partial charge in [-0.05, 0) is 25.5 Å². The SMILES string of the molecule is CCCN(CC(=O)Nc1cc(C)on1)S(=O)(=O)c1ccccc1. The molecule has 0 aliphatic rings. The van der Waals surface area contributed by atoms with E-state index in [9.17, 15) is 13.2 Å². The van der Waals surface area contributed by atoms with Gasteiger partial charge in [-0.1, -0.05) is 30.3 Å². The molecule has 1 N–H and O–H groups in total. The van der Waals surface area contributed by atoms with Gasteiger partial charge in [0.05, 0.1) is 11.4 Å². The molecule has 124 valence electrons. The molecule has 1 aromatic heterocycles. The highest BCUT2D eigenvalue weighted by Crippen LogP contribution is 2.16. The van der Waals surface area contributed by atoms with Crippen molar-refractivity contribution in [2.75, 3.05) is 18.4 Å². The molecule has 0 radical (unpaired) electrons. The Hall–Kier alpha value is -2.19. The lowest BCUT2D eigenvalue weighted by atomic mass is 10.4. The molecule has 0 saturated heterocycles. The summed E-state index contributed by atoms with van der Waals surface area (Å²) in [5.41, 5.74) is 0. The van der Waals surface area contributed by atoms with E-state index < -0.39 is 15.9 Å². The van der Waals surface area contributed by atoms with Gasteiger partial charge in [0.15, 0.2) is 5.82 Å². The number of benzene rings is 1. The van der Waals surface area contributed by atoms with Crippen molar-refractivity contribution in [3.8, 4) is 0 Å². The molecular formula is C15H19N3O4S. The third-order valence-electron chi connectivity index (χ3n) is 3.07. The number of carbonyl (C=O) groups is 1. The highest BCUT2D eigenvalue weighted by Gasteiger charge is 2.26. The van der Waals surface area contributed by atoms with Crippen LogP contribution in [0.1, 0.15) is 19.1 Å². The van der Waals surface area contributed by atoms with Crippen LogP contribution in [0, 0.1) is 6.92 Å². The summed E-state index contributed by atoms with van der Waals surface area (Å²) in [7, 11) is -3.72. The molecule has 1 amide bonds. The van der Waals surface area contributed by atoms with Crippen LogP contribution in [0.3, 0.4) is 0 Å². The first-order valence-electron chi connectivity index (χ1n) is 7.22. The molecule has 0 atom stereocenters. The molecule has 0 aliphatic heterocycles. The molecular weight excluding hydrogens is 318 g/mol. The van der Waals surface area contributed by atoms with E-state index in [0.29, 0.717) is 12.2 Å². The van der Waals surface area contributed by atoms with Gasteiger partial charge in [-0.15, -0.1) is 0 Å². The number of nitrogens with zero attached hydrogens (tertiary/aromatic N) is 2. The van der Waals surface area contributed by atoms with Crippen LogP contribution in [0.4, 0.5) is 5.82 Å². The number of amides is 1. The number of aromatic nitrogens is 1. The van der Waals surface area contributed by atoms with Crippen LogP contribution in [-0.2, 0) is 14.8 Å². The fraction of sp³-hybridized carbons (Fsp3) is 0.333. The Balaban J connectivity index is 2.13. The quantitative estimate of drug-likeness (QED) is 0.834. The Morgan fingerprint density at radius 3 is 2.57 bits per heavy atom. The number of sulfonamides is 1. The monoisotopic (exact) mass is 337 g/mol. The molecule has 8 heteroatoms. The second kappa shape index (κ2) is 7.38. The summed E-state index contributed by atoms with van der Waals surface area (Å²) in [5, 5.41) is 6.18. The van der Waals surface area contributed by atoms with Gasteiger partial charge in [-0.2, -0.15) is 4.31 Å². The first-order valence-corrected chi connectivity index (χ1v) is 8.66. The maximum atomic E-state index is 12.6. The molecule has 2 aromatic rings. The Morgan fingerprint density at radius 1 is 1.30 bits per heavy atom. The summed E-state index contributed by atoms with van der Waals surface area (Å²) >= 11 is 0. The lowest BCUT2D eigenvalue weighted by Gasteiger charge is -2.20. The third-order valence-corrected chi connectivity index (χ3v) is 4.93. The van der Waals surface area contributed by atoms with Gasteiger partial charge in [0.1, 0.15) is 5.76 Å². The Bertz CT molecular complexity index is 756. The summed E-state index contributed by atoms with van der Waals surface area (Å²) in [4.78, 5) is 12.3. The lowest BCUT2D eigenvalue weighted by Crippen LogP contribution is -2.38. The van der Waals surface area contributed by atoms with Crippen LogP contribution in [-0.4, -0.2) is 36.9 Å². The van der Waals surface area contributed by atoms with Crippen LogP contribution in [0.25, 0.3) is 0 Å². The van der Waals surface area contributed by atoms with E-state index >= 15 is 0 Å². The van der Waals surface area contributed by atoms with Gasteiger partial charge in [-0.25, -0.2) is 8.42 Å². The van der Waals surface area contributed by atoms with Crippen molar-refractivity contribution in [3.05, 3.63) is 42.2 Å². The summed E-state index contributed by atoms with van der Waals surface area (Å²) in [6, 6.07) is 9.62. The van der Waals surface area contributed by atoms with Gasteiger partial charge in [0, 0.05) is 12.6 Å². The molecule has 0 spiro atoms. The molecule has 0 saturated carbocycles. The molecule has 7 nitrogen and oxygen atoms in total. The molecule has 0 fully saturated rings. The number of hydrogen-bond acceptors (Lipinski definition) is 5. The van der Waals surface area contributed by atoms with Gasteiger partial charge in [-0.3, -0.25) is 4.79 Å². The first kappa shape index (κ1) is 17.2. The maximum Gasteiger partial charge on any atom is 0.243 e. The zero-order valence-electron chi connectivity index (χ0n) is 13.0. The van der Waals surface area contributed by atoms with Crippen LogP contribution in [0.5, 0.6) is 0 Å². The van der Waals surface area contributed by atoms with Crippen LogP contribution < -0.4 is 5.32 Å². The van der Waals surface area contributed by atoms with E-state index in [4.69, 9.17) is 4.52 Å². The minimum atomic E-state index is -3.72. The number of anilines is 1. The van der Waals surface area contributed by atoms with Gasteiger partial charge < -0.3 is 9.84 Å². The summed E-state index contributed by atoms with van der Waals surface area (Å²) in [6.45, 7) is 3.53. The lowest BCUT2D eigenvalue weighted by molar-refractivity contribution is -0.116. The average molecular weight is 337 g/mol. The van der Waals surface area contributed by atoms with Crippen molar-refractivity contribution in [2.45, 2.75) is 25.2 Å². The minimum Gasteiger partial charge on any atom is -0.360 e. The minimum absolute atomic E-state index is 0.165. The Labute approximate surface area is 135 Å². The summed E-state index contributed by atoms with van der Waals surface area (Å²) < 4.78 is 31.3. The zero-order valence-corrected chi connectivity index (χ0v) is 13.8. The summed E-state index contributed by atoms with van der Waals surface area (Å²) in [5.74, 6) is 0.356. The molecule has 0 bridgehead atoms. The van der Waals surface area contributed by atoms with Gasteiger partial charge >= 0.3 is 0 Å². The maximum absolute atomic E-state index is 12.6. The van der Waals surface area contributed by atoms with E-state index in [0.717, 1.165) is 4.31 Å². The summed E-state index contributed by atoms with van der Waals surface area (Å²) in [6.07, 6.45) is 0.600. The predicted molar refractivity (Wildman–Crippen MR) is 85.4 cm³/mol. The fourth-order valence-corrected chi connectivity index (χ4v) is 3.55. The zero-order chi connectivity index (χ0) is 16.9. The number of hydrogen-bond donors (Lipinski definition) is 1. The molecule has 1 heterocycles. The standard InChI is InChI=1S/C15H19N3O4S/c1-3-9-18(23(20,21)13-7-5-4-6-8-13)11-15(19)16-14-10-12(2)22-17-14/h4-8,10H,3,9,11H2,1-2H3,(H,16,17,19). The Morgan fingerprint density at radius 2 is 2.00 bits per heavy atom. The molecule has 0 unspecified atom stereocenters. The van der Waals surface area contributed by atoms with Crippen molar-refractivity contribution in [3.63, 3.8) is 0 Å². The van der Waals surface area contributed by atoms with Crippen molar-refractivity contribution < 1.29 is 17.7 Å². The van der Waals surface area contributed by atoms with Crippen LogP contribution >= 0.6 is 0 Å². The highest BCUT2D eigenvalue weighted by atomic mass is 32.2. The topological polar surface area (TPSA) is 92.5 Å². The second-order valence-corrected chi connectivity index (χ2v) is 6.96. The average Bonchev–Trinajstić information content (AvgIpc) is 2.92.